The van der Waals surface area contributed by atoms with Crippen molar-refractivity contribution in [2.45, 2.75) is 26.0 Å². The Hall–Kier alpha value is -1.39. The van der Waals surface area contributed by atoms with Gasteiger partial charge in [0, 0.05) is 13.0 Å². The van der Waals surface area contributed by atoms with Crippen molar-refractivity contribution in [3.8, 4) is 0 Å². The molecule has 0 unspecified atom stereocenters. The lowest BCUT2D eigenvalue weighted by Crippen LogP contribution is -2.03. The molecule has 4 heteroatoms. The van der Waals surface area contributed by atoms with Gasteiger partial charge in [0.05, 0.1) is 6.61 Å². The monoisotopic (exact) mass is 209 g/mol. The average Bonchev–Trinajstić information content (AvgIpc) is 2.25. The van der Waals surface area contributed by atoms with Crippen LogP contribution in [0.1, 0.15) is 23.1 Å². The van der Waals surface area contributed by atoms with Crippen molar-refractivity contribution in [2.75, 3.05) is 0 Å². The molecular formula is C11H15NO3. The van der Waals surface area contributed by atoms with Crippen LogP contribution in [0, 0.1) is 0 Å². The Morgan fingerprint density at radius 1 is 1.33 bits per heavy atom. The molecule has 0 saturated heterocycles. The van der Waals surface area contributed by atoms with Crippen LogP contribution in [0.5, 0.6) is 0 Å². The first-order valence-electron chi connectivity index (χ1n) is 4.80. The summed E-state index contributed by atoms with van der Waals surface area (Å²) < 4.78 is 0. The van der Waals surface area contributed by atoms with E-state index in [-0.39, 0.29) is 13.0 Å². The van der Waals surface area contributed by atoms with Crippen LogP contribution in [0.4, 0.5) is 0 Å². The zero-order chi connectivity index (χ0) is 11.3. The number of aryl methyl sites for hydroxylation is 1. The topological polar surface area (TPSA) is 83.6 Å². The minimum absolute atomic E-state index is 0.0621. The second kappa shape index (κ2) is 5.48. The highest BCUT2D eigenvalue weighted by Crippen LogP contribution is 2.13. The van der Waals surface area contributed by atoms with Crippen LogP contribution in [0.15, 0.2) is 18.2 Å². The summed E-state index contributed by atoms with van der Waals surface area (Å²) in [5.74, 6) is -0.816. The number of carboxylic acids is 1. The molecule has 0 amide bonds. The Bertz CT molecular complexity index is 350. The molecule has 0 aliphatic carbocycles. The van der Waals surface area contributed by atoms with Crippen molar-refractivity contribution in [2.24, 2.45) is 5.73 Å². The summed E-state index contributed by atoms with van der Waals surface area (Å²) >= 11 is 0. The highest BCUT2D eigenvalue weighted by molar-refractivity contribution is 5.67. The Kier molecular flexibility index (Phi) is 4.27. The lowest BCUT2D eigenvalue weighted by atomic mass is 10.0. The van der Waals surface area contributed by atoms with Gasteiger partial charge in [0.2, 0.25) is 0 Å². The van der Waals surface area contributed by atoms with Gasteiger partial charge in [-0.05, 0) is 23.1 Å². The Morgan fingerprint density at radius 2 is 2.07 bits per heavy atom. The fourth-order valence-corrected chi connectivity index (χ4v) is 1.43. The van der Waals surface area contributed by atoms with E-state index in [2.05, 4.69) is 0 Å². The van der Waals surface area contributed by atoms with Crippen LogP contribution >= 0.6 is 0 Å². The van der Waals surface area contributed by atoms with Gasteiger partial charge in [-0.3, -0.25) is 4.79 Å². The third-order valence-electron chi connectivity index (χ3n) is 2.29. The van der Waals surface area contributed by atoms with Crippen LogP contribution in [-0.4, -0.2) is 16.2 Å². The first-order chi connectivity index (χ1) is 7.17. The van der Waals surface area contributed by atoms with Gasteiger partial charge in [0.25, 0.3) is 0 Å². The van der Waals surface area contributed by atoms with Crippen molar-refractivity contribution >= 4 is 5.97 Å². The molecule has 4 N–H and O–H groups in total. The minimum atomic E-state index is -0.816. The van der Waals surface area contributed by atoms with Crippen LogP contribution in [-0.2, 0) is 24.4 Å². The molecule has 0 saturated carbocycles. The zero-order valence-corrected chi connectivity index (χ0v) is 8.44. The first kappa shape index (κ1) is 11.7. The van der Waals surface area contributed by atoms with Gasteiger partial charge >= 0.3 is 5.97 Å². The van der Waals surface area contributed by atoms with Crippen molar-refractivity contribution in [1.29, 1.82) is 0 Å². The summed E-state index contributed by atoms with van der Waals surface area (Å²) in [5.41, 5.74) is 8.09. The molecule has 0 aromatic heterocycles. The summed E-state index contributed by atoms with van der Waals surface area (Å²) in [5, 5.41) is 17.6. The molecule has 82 valence electrons. The molecule has 1 aromatic carbocycles. The third kappa shape index (κ3) is 3.34. The summed E-state index contributed by atoms with van der Waals surface area (Å²) in [4.78, 5) is 10.4. The summed E-state index contributed by atoms with van der Waals surface area (Å²) in [6.07, 6.45) is 0.583. The fourth-order valence-electron chi connectivity index (χ4n) is 1.43. The molecule has 0 fully saturated rings. The number of nitrogens with two attached hydrogens (primary N) is 1. The highest BCUT2D eigenvalue weighted by Gasteiger charge is 2.03. The van der Waals surface area contributed by atoms with E-state index in [1.165, 1.54) is 0 Å². The zero-order valence-electron chi connectivity index (χ0n) is 8.44. The molecule has 1 rings (SSSR count). The number of aliphatic carboxylic acids is 1. The number of aliphatic hydroxyl groups excluding tert-OH is 1. The van der Waals surface area contributed by atoms with Crippen LogP contribution < -0.4 is 5.73 Å². The van der Waals surface area contributed by atoms with Gasteiger partial charge in [-0.25, -0.2) is 0 Å². The van der Waals surface area contributed by atoms with E-state index in [0.29, 0.717) is 13.0 Å². The maximum absolute atomic E-state index is 10.4. The first-order valence-corrected chi connectivity index (χ1v) is 4.80. The van der Waals surface area contributed by atoms with Crippen LogP contribution in [0.3, 0.4) is 0 Å². The Morgan fingerprint density at radius 3 is 2.60 bits per heavy atom. The largest absolute Gasteiger partial charge is 0.481 e. The van der Waals surface area contributed by atoms with E-state index in [1.54, 1.807) is 0 Å². The molecule has 0 atom stereocenters. The molecular weight excluding hydrogens is 194 g/mol. The second-order valence-electron chi connectivity index (χ2n) is 3.36. The van der Waals surface area contributed by atoms with Gasteiger partial charge in [-0.1, -0.05) is 18.2 Å². The number of carbonyl (C=O) groups is 1. The normalized spacial score (nSPS) is 10.3. The maximum atomic E-state index is 10.4. The minimum Gasteiger partial charge on any atom is -0.481 e. The SMILES string of the molecule is NCc1ccc(CCC(=O)O)cc1CO. The van der Waals surface area contributed by atoms with E-state index in [4.69, 9.17) is 15.9 Å². The van der Waals surface area contributed by atoms with E-state index in [9.17, 15) is 4.79 Å². The molecule has 0 radical (unpaired) electrons. The lowest BCUT2D eigenvalue weighted by molar-refractivity contribution is -0.136. The number of rotatable bonds is 5. The van der Waals surface area contributed by atoms with Gasteiger partial charge in [-0.15, -0.1) is 0 Å². The van der Waals surface area contributed by atoms with Crippen molar-refractivity contribution in [3.05, 3.63) is 34.9 Å². The van der Waals surface area contributed by atoms with Crippen molar-refractivity contribution in [3.63, 3.8) is 0 Å². The maximum Gasteiger partial charge on any atom is 0.303 e. The lowest BCUT2D eigenvalue weighted by Gasteiger charge is -2.07. The molecule has 0 aliphatic heterocycles. The van der Waals surface area contributed by atoms with Gasteiger partial charge < -0.3 is 15.9 Å². The number of benzene rings is 1. The van der Waals surface area contributed by atoms with Gasteiger partial charge in [0.1, 0.15) is 0 Å². The molecule has 0 heterocycles. The highest BCUT2D eigenvalue weighted by atomic mass is 16.4. The quantitative estimate of drug-likeness (QED) is 0.665. The van der Waals surface area contributed by atoms with Crippen molar-refractivity contribution in [1.82, 2.24) is 0 Å². The van der Waals surface area contributed by atoms with E-state index < -0.39 is 5.97 Å². The number of aliphatic hydroxyl groups is 1. The van der Waals surface area contributed by atoms with Crippen molar-refractivity contribution < 1.29 is 15.0 Å². The van der Waals surface area contributed by atoms with E-state index in [0.717, 1.165) is 16.7 Å². The van der Waals surface area contributed by atoms with E-state index >= 15 is 0 Å². The van der Waals surface area contributed by atoms with E-state index in [1.807, 2.05) is 18.2 Å². The number of carboxylic acid groups (broad SMARTS) is 1. The average molecular weight is 209 g/mol. The number of hydrogen-bond donors (Lipinski definition) is 3. The smallest absolute Gasteiger partial charge is 0.303 e. The second-order valence-corrected chi connectivity index (χ2v) is 3.36. The molecule has 0 aliphatic rings. The Balaban J connectivity index is 2.78. The predicted octanol–water partition coefficient (Wildman–Crippen LogP) is 0.655. The van der Waals surface area contributed by atoms with Gasteiger partial charge in [-0.2, -0.15) is 0 Å². The molecule has 0 spiro atoms. The molecule has 15 heavy (non-hydrogen) atoms. The summed E-state index contributed by atoms with van der Waals surface area (Å²) in [6.45, 7) is 0.322. The molecule has 4 nitrogen and oxygen atoms in total. The molecule has 1 aromatic rings. The fraction of sp³-hybridized carbons (Fsp3) is 0.364. The molecule has 0 bridgehead atoms. The third-order valence-corrected chi connectivity index (χ3v) is 2.29. The summed E-state index contributed by atoms with van der Waals surface area (Å²) in [7, 11) is 0. The van der Waals surface area contributed by atoms with Gasteiger partial charge in [0.15, 0.2) is 0 Å². The summed E-state index contributed by atoms with van der Waals surface area (Å²) in [6, 6.07) is 5.50. The standard InChI is InChI=1S/C11H15NO3/c12-6-9-3-1-8(2-4-11(14)15)5-10(9)7-13/h1,3,5,13H,2,4,6-7,12H2,(H,14,15). The predicted molar refractivity (Wildman–Crippen MR) is 56.2 cm³/mol. The van der Waals surface area contributed by atoms with Crippen LogP contribution in [0.2, 0.25) is 0 Å². The Labute approximate surface area is 88.3 Å². The number of hydrogen-bond acceptors (Lipinski definition) is 3. The van der Waals surface area contributed by atoms with Crippen LogP contribution in [0.25, 0.3) is 0 Å².